The molecule has 4 nitrogen and oxygen atoms in total. The molecule has 0 saturated carbocycles. The molecule has 2 N–H and O–H groups in total. The van der Waals surface area contributed by atoms with Crippen LogP contribution in [0.4, 0.5) is 0 Å². The molecule has 0 radical (unpaired) electrons. The van der Waals surface area contributed by atoms with Crippen molar-refractivity contribution in [1.29, 1.82) is 0 Å². The second-order valence-electron chi connectivity index (χ2n) is 3.98. The lowest BCUT2D eigenvalue weighted by molar-refractivity contribution is -0.126. The molecule has 1 unspecified atom stereocenters. The molecule has 16 heavy (non-hydrogen) atoms. The van der Waals surface area contributed by atoms with E-state index in [1.165, 1.54) is 11.5 Å². The molecule has 0 aliphatic carbocycles. The van der Waals surface area contributed by atoms with Gasteiger partial charge in [-0.05, 0) is 24.3 Å². The first-order valence-electron chi connectivity index (χ1n) is 5.55. The van der Waals surface area contributed by atoms with E-state index < -0.39 is 0 Å². The minimum absolute atomic E-state index is 0. The summed E-state index contributed by atoms with van der Waals surface area (Å²) < 4.78 is 5.26. The monoisotopic (exact) mass is 266 g/mol. The molecule has 0 bridgehead atoms. The van der Waals surface area contributed by atoms with Gasteiger partial charge in [-0.2, -0.15) is 11.8 Å². The zero-order valence-corrected chi connectivity index (χ0v) is 10.9. The number of ether oxygens (including phenoxy) is 1. The van der Waals surface area contributed by atoms with Crippen molar-refractivity contribution in [2.24, 2.45) is 0 Å². The van der Waals surface area contributed by atoms with E-state index in [1.807, 2.05) is 11.8 Å². The zero-order valence-electron chi connectivity index (χ0n) is 9.24. The van der Waals surface area contributed by atoms with Crippen LogP contribution in [0, 0.1) is 0 Å². The van der Waals surface area contributed by atoms with Crippen molar-refractivity contribution in [3.05, 3.63) is 0 Å². The van der Waals surface area contributed by atoms with E-state index in [-0.39, 0.29) is 24.4 Å². The Kier molecular flexibility index (Phi) is 6.49. The summed E-state index contributed by atoms with van der Waals surface area (Å²) in [7, 11) is 0. The highest BCUT2D eigenvalue weighted by Gasteiger charge is 2.24. The van der Waals surface area contributed by atoms with Gasteiger partial charge in [0.05, 0.1) is 13.2 Å². The smallest absolute Gasteiger partial charge is 0.239 e. The molecule has 0 spiro atoms. The number of morpholine rings is 1. The van der Waals surface area contributed by atoms with E-state index in [0.29, 0.717) is 19.3 Å². The van der Waals surface area contributed by atoms with Gasteiger partial charge in [-0.1, -0.05) is 0 Å². The lowest BCUT2D eigenvalue weighted by Crippen LogP contribution is -2.53. The molecular weight excluding hydrogens is 248 g/mol. The second kappa shape index (κ2) is 7.37. The summed E-state index contributed by atoms with van der Waals surface area (Å²) in [5.41, 5.74) is 0. The minimum atomic E-state index is -0.145. The fourth-order valence-corrected chi connectivity index (χ4v) is 2.98. The van der Waals surface area contributed by atoms with Crippen molar-refractivity contribution in [1.82, 2.24) is 10.6 Å². The van der Waals surface area contributed by atoms with Crippen LogP contribution in [0.3, 0.4) is 0 Å². The maximum atomic E-state index is 11.8. The molecule has 1 atom stereocenters. The van der Waals surface area contributed by atoms with Crippen LogP contribution in [-0.2, 0) is 9.53 Å². The molecule has 6 heteroatoms. The van der Waals surface area contributed by atoms with Crippen LogP contribution in [0.5, 0.6) is 0 Å². The summed E-state index contributed by atoms with van der Waals surface area (Å²) >= 11 is 1.97. The van der Waals surface area contributed by atoms with Crippen LogP contribution in [0.2, 0.25) is 0 Å². The highest BCUT2D eigenvalue weighted by atomic mass is 35.5. The predicted octanol–water partition coefficient (Wildman–Crippen LogP) is 0.408. The van der Waals surface area contributed by atoms with Crippen LogP contribution in [-0.4, -0.2) is 49.3 Å². The standard InChI is InChI=1S/C10H18N2O2S.ClH/c13-10(9-7-14-4-3-11-9)12-8-1-5-15-6-2-8;/h8-9,11H,1-7H2,(H,12,13);1H. The first-order valence-corrected chi connectivity index (χ1v) is 6.71. The molecule has 0 aromatic rings. The maximum absolute atomic E-state index is 11.8. The van der Waals surface area contributed by atoms with Crippen molar-refractivity contribution >= 4 is 30.1 Å². The Morgan fingerprint density at radius 2 is 2.12 bits per heavy atom. The number of hydrogen-bond acceptors (Lipinski definition) is 4. The Labute approximate surface area is 107 Å². The summed E-state index contributed by atoms with van der Waals surface area (Å²) in [6, 6.07) is 0.232. The van der Waals surface area contributed by atoms with Crippen LogP contribution in [0.15, 0.2) is 0 Å². The van der Waals surface area contributed by atoms with Gasteiger partial charge in [0.15, 0.2) is 0 Å². The highest BCUT2D eigenvalue weighted by Crippen LogP contribution is 2.16. The lowest BCUT2D eigenvalue weighted by atomic mass is 10.1. The van der Waals surface area contributed by atoms with Gasteiger partial charge >= 0.3 is 0 Å². The summed E-state index contributed by atoms with van der Waals surface area (Å²) in [6.45, 7) is 2.00. The first-order chi connectivity index (χ1) is 7.36. The molecule has 2 saturated heterocycles. The molecule has 2 rings (SSSR count). The number of carbonyl (C=O) groups is 1. The fourth-order valence-electron chi connectivity index (χ4n) is 1.88. The third-order valence-electron chi connectivity index (χ3n) is 2.81. The van der Waals surface area contributed by atoms with Crippen LogP contribution < -0.4 is 10.6 Å². The summed E-state index contributed by atoms with van der Waals surface area (Å²) in [5.74, 6) is 2.44. The van der Waals surface area contributed by atoms with Gasteiger partial charge in [0, 0.05) is 12.6 Å². The Balaban J connectivity index is 0.00000128. The lowest BCUT2D eigenvalue weighted by Gasteiger charge is -2.27. The van der Waals surface area contributed by atoms with Crippen molar-refractivity contribution < 1.29 is 9.53 Å². The second-order valence-corrected chi connectivity index (χ2v) is 5.20. The van der Waals surface area contributed by atoms with Gasteiger partial charge in [-0.3, -0.25) is 4.79 Å². The van der Waals surface area contributed by atoms with E-state index in [4.69, 9.17) is 4.74 Å². The summed E-state index contributed by atoms with van der Waals surface area (Å²) in [5, 5.41) is 6.26. The topological polar surface area (TPSA) is 50.4 Å². The third kappa shape index (κ3) is 4.13. The summed E-state index contributed by atoms with van der Waals surface area (Å²) in [4.78, 5) is 11.8. The van der Waals surface area contributed by atoms with Crippen LogP contribution >= 0.6 is 24.2 Å². The van der Waals surface area contributed by atoms with Crippen LogP contribution in [0.25, 0.3) is 0 Å². The Hall–Kier alpha value is 0.0300. The average molecular weight is 267 g/mol. The number of nitrogens with one attached hydrogen (secondary N) is 2. The van der Waals surface area contributed by atoms with E-state index in [0.717, 1.165) is 19.4 Å². The summed E-state index contributed by atoms with van der Waals surface area (Å²) in [6.07, 6.45) is 2.20. The van der Waals surface area contributed by atoms with E-state index in [1.54, 1.807) is 0 Å². The SMILES string of the molecule is Cl.O=C(NC1CCSCC1)C1COCCN1. The van der Waals surface area contributed by atoms with Crippen molar-refractivity contribution in [2.75, 3.05) is 31.3 Å². The number of amides is 1. The maximum Gasteiger partial charge on any atom is 0.239 e. The quantitative estimate of drug-likeness (QED) is 0.760. The van der Waals surface area contributed by atoms with Crippen molar-refractivity contribution in [2.45, 2.75) is 24.9 Å². The molecule has 2 fully saturated rings. The molecule has 2 heterocycles. The van der Waals surface area contributed by atoms with Gasteiger partial charge in [0.2, 0.25) is 5.91 Å². The van der Waals surface area contributed by atoms with Gasteiger partial charge < -0.3 is 15.4 Å². The molecule has 1 amide bonds. The molecule has 2 aliphatic heterocycles. The van der Waals surface area contributed by atoms with Gasteiger partial charge in [-0.15, -0.1) is 12.4 Å². The zero-order chi connectivity index (χ0) is 10.5. The van der Waals surface area contributed by atoms with Gasteiger partial charge in [0.1, 0.15) is 6.04 Å². The molecular formula is C10H19ClN2O2S. The third-order valence-corrected chi connectivity index (χ3v) is 3.85. The predicted molar refractivity (Wildman–Crippen MR) is 68.3 cm³/mol. The molecule has 2 aliphatic rings. The van der Waals surface area contributed by atoms with Crippen molar-refractivity contribution in [3.8, 4) is 0 Å². The number of halogens is 1. The number of hydrogen-bond donors (Lipinski definition) is 2. The van der Waals surface area contributed by atoms with E-state index in [9.17, 15) is 4.79 Å². The number of thioether (sulfide) groups is 1. The van der Waals surface area contributed by atoms with Crippen molar-refractivity contribution in [3.63, 3.8) is 0 Å². The Bertz CT molecular complexity index is 219. The highest BCUT2D eigenvalue weighted by molar-refractivity contribution is 7.99. The largest absolute Gasteiger partial charge is 0.378 e. The molecule has 0 aromatic heterocycles. The normalized spacial score (nSPS) is 26.9. The van der Waals surface area contributed by atoms with Gasteiger partial charge in [-0.25, -0.2) is 0 Å². The average Bonchev–Trinajstić information content (AvgIpc) is 2.31. The van der Waals surface area contributed by atoms with E-state index in [2.05, 4.69) is 10.6 Å². The first kappa shape index (κ1) is 14.1. The fraction of sp³-hybridized carbons (Fsp3) is 0.900. The molecule has 94 valence electrons. The van der Waals surface area contributed by atoms with Gasteiger partial charge in [0.25, 0.3) is 0 Å². The number of carbonyl (C=O) groups excluding carboxylic acids is 1. The molecule has 0 aromatic carbocycles. The van der Waals surface area contributed by atoms with E-state index >= 15 is 0 Å². The Morgan fingerprint density at radius 3 is 2.75 bits per heavy atom. The Morgan fingerprint density at radius 1 is 1.38 bits per heavy atom. The number of rotatable bonds is 2. The van der Waals surface area contributed by atoms with Crippen LogP contribution in [0.1, 0.15) is 12.8 Å². The minimum Gasteiger partial charge on any atom is -0.378 e.